The molecule has 0 unspecified atom stereocenters. The Hall–Kier alpha value is -0.900. The highest BCUT2D eigenvalue weighted by Crippen LogP contribution is 2.31. The topological polar surface area (TPSA) is 59.2 Å². The summed E-state index contributed by atoms with van der Waals surface area (Å²) in [6.07, 6.45) is 5.47. The molecule has 1 atom stereocenters. The molecule has 0 amide bonds. The van der Waals surface area contributed by atoms with E-state index in [9.17, 15) is 5.11 Å². The molecule has 0 aromatic carbocycles. The maximum Gasteiger partial charge on any atom is 0.255 e. The maximum atomic E-state index is 9.24. The van der Waals surface area contributed by atoms with Gasteiger partial charge in [0.15, 0.2) is 5.82 Å². The van der Waals surface area contributed by atoms with E-state index < -0.39 is 6.10 Å². The molecule has 1 aliphatic carbocycles. The van der Waals surface area contributed by atoms with Crippen molar-refractivity contribution >= 4 is 0 Å². The van der Waals surface area contributed by atoms with E-state index in [1.165, 1.54) is 19.3 Å². The predicted molar refractivity (Wildman–Crippen MR) is 50.8 cm³/mol. The molecule has 4 nitrogen and oxygen atoms in total. The second-order valence-electron chi connectivity index (χ2n) is 4.00. The van der Waals surface area contributed by atoms with Gasteiger partial charge in [-0.25, -0.2) is 0 Å². The van der Waals surface area contributed by atoms with Crippen molar-refractivity contribution < 1.29 is 9.63 Å². The molecule has 2 rings (SSSR count). The normalized spacial score (nSPS) is 21.0. The molecule has 1 aromatic rings. The number of aliphatic hydroxyl groups excluding tert-OH is 1. The van der Waals surface area contributed by atoms with E-state index >= 15 is 0 Å². The molecule has 0 spiro atoms. The van der Waals surface area contributed by atoms with Crippen LogP contribution in [0.2, 0.25) is 0 Å². The van der Waals surface area contributed by atoms with Crippen molar-refractivity contribution in [3.05, 3.63) is 11.7 Å². The molecule has 0 bridgehead atoms. The Bertz CT molecular complexity index is 290. The average molecular weight is 196 g/mol. The van der Waals surface area contributed by atoms with Crippen LogP contribution in [0.15, 0.2) is 4.52 Å². The summed E-state index contributed by atoms with van der Waals surface area (Å²) in [5.41, 5.74) is 0. The van der Waals surface area contributed by atoms with Gasteiger partial charge in [0.2, 0.25) is 0 Å². The summed E-state index contributed by atoms with van der Waals surface area (Å²) in [5.74, 6) is 1.56. The van der Waals surface area contributed by atoms with Gasteiger partial charge in [-0.3, -0.25) is 0 Å². The minimum Gasteiger partial charge on any atom is -0.384 e. The second-order valence-corrected chi connectivity index (χ2v) is 4.00. The Balaban J connectivity index is 2.07. The van der Waals surface area contributed by atoms with Crippen LogP contribution in [-0.4, -0.2) is 15.2 Å². The third-order valence-corrected chi connectivity index (χ3v) is 2.79. The lowest BCUT2D eigenvalue weighted by molar-refractivity contribution is 0.151. The number of aliphatic hydroxyl groups is 1. The van der Waals surface area contributed by atoms with E-state index in [1.807, 2.05) is 0 Å². The number of hydrogen-bond acceptors (Lipinski definition) is 4. The van der Waals surface area contributed by atoms with Crippen molar-refractivity contribution in [3.8, 4) is 0 Å². The maximum absolute atomic E-state index is 9.24. The fourth-order valence-electron chi connectivity index (χ4n) is 1.94. The fourth-order valence-corrected chi connectivity index (χ4v) is 1.94. The minimum absolute atomic E-state index is 0.338. The Labute approximate surface area is 83.3 Å². The second kappa shape index (κ2) is 4.09. The average Bonchev–Trinajstić information content (AvgIpc) is 2.68. The molecule has 1 saturated carbocycles. The molecule has 1 N–H and O–H groups in total. The van der Waals surface area contributed by atoms with E-state index in [-0.39, 0.29) is 0 Å². The zero-order valence-electron chi connectivity index (χ0n) is 8.44. The quantitative estimate of drug-likeness (QED) is 0.787. The van der Waals surface area contributed by atoms with Crippen molar-refractivity contribution in [1.82, 2.24) is 10.1 Å². The lowest BCUT2D eigenvalue weighted by Gasteiger charge is -2.17. The molecule has 1 aliphatic rings. The molecule has 0 radical (unpaired) electrons. The Kier molecular flexibility index (Phi) is 2.82. The fraction of sp³-hybridized carbons (Fsp3) is 0.800. The summed E-state index contributed by atoms with van der Waals surface area (Å²) in [6, 6.07) is 0. The van der Waals surface area contributed by atoms with Crippen LogP contribution in [0.3, 0.4) is 0 Å². The lowest BCUT2D eigenvalue weighted by Crippen LogP contribution is -2.06. The molecule has 4 heteroatoms. The van der Waals surface area contributed by atoms with Gasteiger partial charge in [-0.2, -0.15) is 4.98 Å². The third-order valence-electron chi connectivity index (χ3n) is 2.79. The SMILES string of the molecule is C[C@H](O)c1nc(C2CCCCC2)no1. The lowest BCUT2D eigenvalue weighted by atomic mass is 9.89. The van der Waals surface area contributed by atoms with E-state index in [0.717, 1.165) is 18.7 Å². The molecule has 0 saturated heterocycles. The molecule has 1 heterocycles. The van der Waals surface area contributed by atoms with Crippen LogP contribution in [-0.2, 0) is 0 Å². The van der Waals surface area contributed by atoms with Gasteiger partial charge in [0.05, 0.1) is 0 Å². The van der Waals surface area contributed by atoms with Crippen LogP contribution in [0.5, 0.6) is 0 Å². The number of aromatic nitrogens is 2. The summed E-state index contributed by atoms with van der Waals surface area (Å²) >= 11 is 0. The van der Waals surface area contributed by atoms with E-state index in [4.69, 9.17) is 4.52 Å². The third kappa shape index (κ3) is 1.95. The van der Waals surface area contributed by atoms with Gasteiger partial charge >= 0.3 is 0 Å². The van der Waals surface area contributed by atoms with Crippen molar-refractivity contribution in [2.45, 2.75) is 51.0 Å². The first kappa shape index (κ1) is 9.65. The van der Waals surface area contributed by atoms with Crippen LogP contribution in [0.1, 0.15) is 62.8 Å². The summed E-state index contributed by atoms with van der Waals surface area (Å²) < 4.78 is 4.97. The molecule has 0 aliphatic heterocycles. The summed E-state index contributed by atoms with van der Waals surface area (Å²) in [5, 5.41) is 13.2. The minimum atomic E-state index is -0.653. The zero-order chi connectivity index (χ0) is 9.97. The van der Waals surface area contributed by atoms with Gasteiger partial charge < -0.3 is 9.63 Å². The molecule has 1 aromatic heterocycles. The first-order chi connectivity index (χ1) is 6.77. The standard InChI is InChI=1S/C10H16N2O2/c1-7(13)10-11-9(12-14-10)8-5-3-2-4-6-8/h7-8,13H,2-6H2,1H3/t7-/m0/s1. The van der Waals surface area contributed by atoms with Gasteiger partial charge in [-0.1, -0.05) is 24.4 Å². The molecule has 78 valence electrons. The van der Waals surface area contributed by atoms with Crippen molar-refractivity contribution in [3.63, 3.8) is 0 Å². The first-order valence-electron chi connectivity index (χ1n) is 5.29. The van der Waals surface area contributed by atoms with Crippen molar-refractivity contribution in [1.29, 1.82) is 0 Å². The van der Waals surface area contributed by atoms with Crippen molar-refractivity contribution in [2.75, 3.05) is 0 Å². The smallest absolute Gasteiger partial charge is 0.255 e. The Morgan fingerprint density at radius 2 is 2.07 bits per heavy atom. The Morgan fingerprint density at radius 3 is 2.64 bits per heavy atom. The van der Waals surface area contributed by atoms with E-state index in [1.54, 1.807) is 6.92 Å². The summed E-state index contributed by atoms with van der Waals surface area (Å²) in [6.45, 7) is 1.64. The zero-order valence-corrected chi connectivity index (χ0v) is 8.44. The summed E-state index contributed by atoms with van der Waals surface area (Å²) in [7, 11) is 0. The van der Waals surface area contributed by atoms with Crippen molar-refractivity contribution in [2.24, 2.45) is 0 Å². The number of hydrogen-bond donors (Lipinski definition) is 1. The van der Waals surface area contributed by atoms with Gasteiger partial charge in [0, 0.05) is 5.92 Å². The molecular weight excluding hydrogens is 180 g/mol. The highest BCUT2D eigenvalue weighted by atomic mass is 16.5. The molecule has 14 heavy (non-hydrogen) atoms. The highest BCUT2D eigenvalue weighted by molar-refractivity contribution is 4.97. The van der Waals surface area contributed by atoms with Crippen LogP contribution < -0.4 is 0 Å². The van der Waals surface area contributed by atoms with Gasteiger partial charge in [0.25, 0.3) is 5.89 Å². The van der Waals surface area contributed by atoms with Crippen LogP contribution in [0, 0.1) is 0 Å². The highest BCUT2D eigenvalue weighted by Gasteiger charge is 2.21. The largest absolute Gasteiger partial charge is 0.384 e. The van der Waals surface area contributed by atoms with Gasteiger partial charge in [-0.05, 0) is 19.8 Å². The monoisotopic (exact) mass is 196 g/mol. The van der Waals surface area contributed by atoms with Crippen LogP contribution in [0.4, 0.5) is 0 Å². The molecule has 1 fully saturated rings. The van der Waals surface area contributed by atoms with Gasteiger partial charge in [0.1, 0.15) is 6.10 Å². The van der Waals surface area contributed by atoms with Crippen LogP contribution in [0.25, 0.3) is 0 Å². The van der Waals surface area contributed by atoms with Gasteiger partial charge in [-0.15, -0.1) is 0 Å². The number of rotatable bonds is 2. The predicted octanol–water partition coefficient (Wildman–Crippen LogP) is 2.17. The van der Waals surface area contributed by atoms with E-state index in [2.05, 4.69) is 10.1 Å². The molecular formula is C10H16N2O2. The first-order valence-corrected chi connectivity index (χ1v) is 5.29. The van der Waals surface area contributed by atoms with Crippen LogP contribution >= 0.6 is 0 Å². The number of nitrogens with zero attached hydrogens (tertiary/aromatic N) is 2. The summed E-state index contributed by atoms with van der Waals surface area (Å²) in [4.78, 5) is 4.21. The Morgan fingerprint density at radius 1 is 1.36 bits per heavy atom. The van der Waals surface area contributed by atoms with E-state index in [0.29, 0.717) is 11.8 Å².